The van der Waals surface area contributed by atoms with Crippen LogP contribution in [0.3, 0.4) is 0 Å². The molecule has 0 fully saturated rings. The number of amides is 1. The Kier molecular flexibility index (Phi) is 7.83. The highest BCUT2D eigenvalue weighted by Gasteiger charge is 2.13. The molecule has 0 bridgehead atoms. The molecule has 0 aliphatic heterocycles. The van der Waals surface area contributed by atoms with Crippen LogP contribution in [0, 0.1) is 0 Å². The highest BCUT2D eigenvalue weighted by molar-refractivity contribution is 9.10. The summed E-state index contributed by atoms with van der Waals surface area (Å²) in [5.41, 5.74) is 4.91. The average molecular weight is 538 g/mol. The molecular formula is C27H22BrClN2O3. The van der Waals surface area contributed by atoms with Crippen molar-refractivity contribution in [2.24, 2.45) is 5.10 Å². The van der Waals surface area contributed by atoms with Crippen LogP contribution in [-0.4, -0.2) is 18.7 Å². The van der Waals surface area contributed by atoms with Crippen molar-refractivity contribution in [1.82, 2.24) is 5.43 Å². The molecule has 172 valence electrons. The van der Waals surface area contributed by atoms with Gasteiger partial charge in [-0.2, -0.15) is 5.10 Å². The predicted octanol–water partition coefficient (Wildman–Crippen LogP) is 7.00. The lowest BCUT2D eigenvalue weighted by atomic mass is 10.0. The number of hydrazone groups is 1. The Morgan fingerprint density at radius 3 is 2.59 bits per heavy atom. The first-order valence-corrected chi connectivity index (χ1v) is 11.9. The zero-order valence-corrected chi connectivity index (χ0v) is 20.8. The van der Waals surface area contributed by atoms with E-state index >= 15 is 0 Å². The first-order chi connectivity index (χ1) is 16.5. The Bertz CT molecular complexity index is 1330. The number of hydrogen-bond donors (Lipinski definition) is 1. The molecule has 1 N–H and O–H groups in total. The Hall–Kier alpha value is -3.35. The van der Waals surface area contributed by atoms with Crippen molar-refractivity contribution in [3.05, 3.63) is 105 Å². The zero-order chi connectivity index (χ0) is 23.9. The van der Waals surface area contributed by atoms with Gasteiger partial charge in [0.2, 0.25) is 0 Å². The number of ether oxygens (including phenoxy) is 2. The summed E-state index contributed by atoms with van der Waals surface area (Å²) in [6.45, 7) is 2.74. The van der Waals surface area contributed by atoms with Gasteiger partial charge < -0.3 is 9.47 Å². The number of carbonyl (C=O) groups excluding carboxylic acids is 1. The van der Waals surface area contributed by atoms with Gasteiger partial charge in [0.1, 0.15) is 6.61 Å². The van der Waals surface area contributed by atoms with Crippen LogP contribution in [0.25, 0.3) is 10.8 Å². The molecule has 7 heteroatoms. The van der Waals surface area contributed by atoms with Crippen molar-refractivity contribution in [1.29, 1.82) is 0 Å². The minimum atomic E-state index is -0.278. The zero-order valence-electron chi connectivity index (χ0n) is 18.4. The van der Waals surface area contributed by atoms with Crippen molar-refractivity contribution in [2.45, 2.75) is 13.5 Å². The summed E-state index contributed by atoms with van der Waals surface area (Å²) in [4.78, 5) is 12.7. The second kappa shape index (κ2) is 11.2. The lowest BCUT2D eigenvalue weighted by Crippen LogP contribution is -2.17. The lowest BCUT2D eigenvalue weighted by Gasteiger charge is -2.14. The van der Waals surface area contributed by atoms with E-state index in [-0.39, 0.29) is 5.91 Å². The molecule has 4 rings (SSSR count). The summed E-state index contributed by atoms with van der Waals surface area (Å²) in [7, 11) is 0. The molecule has 34 heavy (non-hydrogen) atoms. The van der Waals surface area contributed by atoms with Gasteiger partial charge in [0, 0.05) is 10.6 Å². The van der Waals surface area contributed by atoms with Crippen molar-refractivity contribution < 1.29 is 14.3 Å². The smallest absolute Gasteiger partial charge is 0.271 e. The SMILES string of the molecule is CCOc1cc(C=NNC(=O)c2cccc3ccccc23)cc(Br)c1OCc1ccc(Cl)cc1. The first-order valence-electron chi connectivity index (χ1n) is 10.7. The Morgan fingerprint density at radius 2 is 1.79 bits per heavy atom. The van der Waals surface area contributed by atoms with Gasteiger partial charge in [0.25, 0.3) is 5.91 Å². The molecule has 1 amide bonds. The monoisotopic (exact) mass is 536 g/mol. The van der Waals surface area contributed by atoms with Crippen molar-refractivity contribution in [2.75, 3.05) is 6.61 Å². The Morgan fingerprint density at radius 1 is 1.03 bits per heavy atom. The van der Waals surface area contributed by atoms with Crippen LogP contribution in [0.4, 0.5) is 0 Å². The van der Waals surface area contributed by atoms with E-state index in [1.165, 1.54) is 0 Å². The van der Waals surface area contributed by atoms with Gasteiger partial charge in [-0.15, -0.1) is 0 Å². The molecule has 0 atom stereocenters. The maximum Gasteiger partial charge on any atom is 0.271 e. The number of nitrogens with one attached hydrogen (secondary N) is 1. The van der Waals surface area contributed by atoms with Gasteiger partial charge in [0.15, 0.2) is 11.5 Å². The molecule has 0 saturated carbocycles. The fourth-order valence-electron chi connectivity index (χ4n) is 3.45. The number of benzene rings is 4. The average Bonchev–Trinajstić information content (AvgIpc) is 2.84. The third kappa shape index (κ3) is 5.76. The van der Waals surface area contributed by atoms with Crippen molar-refractivity contribution in [3.8, 4) is 11.5 Å². The summed E-state index contributed by atoms with van der Waals surface area (Å²) in [5, 5.41) is 6.70. The number of rotatable bonds is 8. The molecule has 0 saturated heterocycles. The second-order valence-electron chi connectivity index (χ2n) is 7.40. The van der Waals surface area contributed by atoms with Gasteiger partial charge in [-0.1, -0.05) is 60.1 Å². The van der Waals surface area contributed by atoms with Crippen molar-refractivity contribution in [3.63, 3.8) is 0 Å². The Balaban J connectivity index is 1.49. The fourth-order valence-corrected chi connectivity index (χ4v) is 4.15. The minimum Gasteiger partial charge on any atom is -0.490 e. The Labute approximate surface area is 211 Å². The topological polar surface area (TPSA) is 59.9 Å². The highest BCUT2D eigenvalue weighted by atomic mass is 79.9. The molecule has 4 aromatic carbocycles. The molecule has 0 aliphatic rings. The molecule has 0 aliphatic carbocycles. The predicted molar refractivity (Wildman–Crippen MR) is 140 cm³/mol. The molecular weight excluding hydrogens is 516 g/mol. The summed E-state index contributed by atoms with van der Waals surface area (Å²) in [6.07, 6.45) is 1.57. The van der Waals surface area contributed by atoms with Gasteiger partial charge in [-0.25, -0.2) is 5.43 Å². The van der Waals surface area contributed by atoms with Gasteiger partial charge in [-0.05, 0) is 75.1 Å². The molecule has 5 nitrogen and oxygen atoms in total. The van der Waals surface area contributed by atoms with E-state index in [4.69, 9.17) is 21.1 Å². The number of halogens is 2. The number of carbonyl (C=O) groups is 1. The first kappa shape index (κ1) is 23.8. The fraction of sp³-hybridized carbons (Fsp3) is 0.111. The summed E-state index contributed by atoms with van der Waals surface area (Å²) in [6, 6.07) is 24.5. The van der Waals surface area contributed by atoms with E-state index in [2.05, 4.69) is 26.5 Å². The molecule has 0 spiro atoms. The van der Waals surface area contributed by atoms with E-state index < -0.39 is 0 Å². The van der Waals surface area contributed by atoms with Crippen LogP contribution in [0.15, 0.2) is 88.4 Å². The summed E-state index contributed by atoms with van der Waals surface area (Å²) < 4.78 is 12.5. The quantitative estimate of drug-likeness (QED) is 0.194. The number of hydrogen-bond acceptors (Lipinski definition) is 4. The van der Waals surface area contributed by atoms with E-state index in [1.807, 2.05) is 79.7 Å². The number of fused-ring (bicyclic) bond motifs is 1. The molecule has 4 aromatic rings. The summed E-state index contributed by atoms with van der Waals surface area (Å²) in [5.74, 6) is 0.890. The number of nitrogens with zero attached hydrogens (tertiary/aromatic N) is 1. The van der Waals surface area contributed by atoms with Crippen LogP contribution >= 0.6 is 27.5 Å². The highest BCUT2D eigenvalue weighted by Crippen LogP contribution is 2.37. The van der Waals surface area contributed by atoms with Crippen molar-refractivity contribution >= 4 is 50.4 Å². The van der Waals surface area contributed by atoms with Gasteiger partial charge >= 0.3 is 0 Å². The van der Waals surface area contributed by atoms with Crippen LogP contribution in [0.2, 0.25) is 5.02 Å². The largest absolute Gasteiger partial charge is 0.490 e. The van der Waals surface area contributed by atoms with E-state index in [0.717, 1.165) is 21.9 Å². The molecule has 0 heterocycles. The normalized spacial score (nSPS) is 11.0. The van der Waals surface area contributed by atoms with Crippen LogP contribution in [0.1, 0.15) is 28.4 Å². The molecule has 0 unspecified atom stereocenters. The maximum absolute atomic E-state index is 12.7. The second-order valence-corrected chi connectivity index (χ2v) is 8.69. The van der Waals surface area contributed by atoms with Crippen LogP contribution < -0.4 is 14.9 Å². The van der Waals surface area contributed by atoms with E-state index in [1.54, 1.807) is 12.3 Å². The molecule has 0 aromatic heterocycles. The lowest BCUT2D eigenvalue weighted by molar-refractivity contribution is 0.0957. The summed E-state index contributed by atoms with van der Waals surface area (Å²) >= 11 is 9.52. The minimum absolute atomic E-state index is 0.278. The van der Waals surface area contributed by atoms with E-state index in [0.29, 0.717) is 39.8 Å². The third-order valence-corrected chi connectivity index (χ3v) is 5.88. The van der Waals surface area contributed by atoms with Crippen LogP contribution in [0.5, 0.6) is 11.5 Å². The standard InChI is InChI=1S/C27H22BrClN2O3/c1-2-33-25-15-19(14-24(28)26(25)34-17-18-10-12-21(29)13-11-18)16-30-31-27(32)23-9-5-7-20-6-3-4-8-22(20)23/h3-16H,2,17H2,1H3,(H,31,32). The van der Waals surface area contributed by atoms with Gasteiger partial charge in [-0.3, -0.25) is 4.79 Å². The van der Waals surface area contributed by atoms with Crippen LogP contribution in [-0.2, 0) is 6.61 Å². The molecule has 0 radical (unpaired) electrons. The third-order valence-electron chi connectivity index (χ3n) is 5.04. The van der Waals surface area contributed by atoms with E-state index in [9.17, 15) is 4.79 Å². The van der Waals surface area contributed by atoms with Gasteiger partial charge in [0.05, 0.1) is 17.3 Å². The maximum atomic E-state index is 12.7.